The van der Waals surface area contributed by atoms with Gasteiger partial charge in [-0.3, -0.25) is 0 Å². The molecule has 0 saturated carbocycles. The number of hydrogen-bond acceptors (Lipinski definition) is 4. The van der Waals surface area contributed by atoms with Gasteiger partial charge in [0.25, 0.3) is 5.89 Å². The molecule has 1 heterocycles. The van der Waals surface area contributed by atoms with Crippen LogP contribution in [0.5, 0.6) is 5.75 Å². The topological polar surface area (TPSA) is 48.2 Å². The first-order valence-corrected chi connectivity index (χ1v) is 5.85. The van der Waals surface area contributed by atoms with Crippen molar-refractivity contribution < 1.29 is 9.26 Å². The quantitative estimate of drug-likeness (QED) is 0.820. The van der Waals surface area contributed by atoms with Crippen molar-refractivity contribution in [2.45, 2.75) is 26.4 Å². The summed E-state index contributed by atoms with van der Waals surface area (Å²) in [4.78, 5) is 4.20. The molecule has 0 radical (unpaired) electrons. The minimum atomic E-state index is 0.276. The second kappa shape index (κ2) is 5.68. The van der Waals surface area contributed by atoms with Crippen molar-refractivity contribution in [3.05, 3.63) is 41.0 Å². The first kappa shape index (κ1) is 11.9. The number of aryl methyl sites for hydroxylation is 1. The molecule has 0 atom stereocenters. The molecular formula is C12H13ClN2O2. The second-order valence-electron chi connectivity index (χ2n) is 3.60. The number of ether oxygens (including phenoxy) is 1. The van der Waals surface area contributed by atoms with Crippen molar-refractivity contribution in [3.63, 3.8) is 0 Å². The number of hydrogen-bond donors (Lipinski definition) is 0. The molecule has 90 valence electrons. The van der Waals surface area contributed by atoms with Crippen LogP contribution in [0.2, 0.25) is 5.02 Å². The maximum atomic E-state index is 5.77. The van der Waals surface area contributed by atoms with E-state index in [0.717, 1.165) is 24.4 Å². The Kier molecular flexibility index (Phi) is 3.98. The highest BCUT2D eigenvalue weighted by Gasteiger charge is 2.05. The highest BCUT2D eigenvalue weighted by molar-refractivity contribution is 6.30. The van der Waals surface area contributed by atoms with Gasteiger partial charge in [-0.15, -0.1) is 0 Å². The van der Waals surface area contributed by atoms with Gasteiger partial charge < -0.3 is 9.26 Å². The Bertz CT molecular complexity index is 468. The number of benzene rings is 1. The van der Waals surface area contributed by atoms with Gasteiger partial charge in [-0.25, -0.2) is 0 Å². The molecule has 0 aliphatic heterocycles. The van der Waals surface area contributed by atoms with Crippen molar-refractivity contribution in [2.75, 3.05) is 0 Å². The summed E-state index contributed by atoms with van der Waals surface area (Å²) >= 11 is 5.77. The molecule has 4 nitrogen and oxygen atoms in total. The van der Waals surface area contributed by atoms with E-state index in [1.807, 2.05) is 0 Å². The summed E-state index contributed by atoms with van der Waals surface area (Å²) in [5, 5.41) is 4.53. The second-order valence-corrected chi connectivity index (χ2v) is 4.03. The summed E-state index contributed by atoms with van der Waals surface area (Å²) in [6.07, 6.45) is 1.82. The molecule has 0 fully saturated rings. The maximum Gasteiger partial charge on any atom is 0.264 e. The first-order chi connectivity index (χ1) is 8.28. The molecule has 0 aliphatic rings. The van der Waals surface area contributed by atoms with E-state index in [1.54, 1.807) is 24.3 Å². The van der Waals surface area contributed by atoms with Gasteiger partial charge in [0, 0.05) is 11.4 Å². The van der Waals surface area contributed by atoms with E-state index in [0.29, 0.717) is 10.9 Å². The Balaban J connectivity index is 1.90. The van der Waals surface area contributed by atoms with Crippen molar-refractivity contribution in [1.29, 1.82) is 0 Å². The fraction of sp³-hybridized carbons (Fsp3) is 0.333. The van der Waals surface area contributed by atoms with E-state index in [1.165, 1.54) is 0 Å². The Hall–Kier alpha value is -1.55. The first-order valence-electron chi connectivity index (χ1n) is 5.47. The molecule has 0 aliphatic carbocycles. The zero-order valence-corrected chi connectivity index (χ0v) is 10.3. The van der Waals surface area contributed by atoms with Gasteiger partial charge in [0.1, 0.15) is 5.75 Å². The Labute approximate surface area is 105 Å². The van der Waals surface area contributed by atoms with Crippen LogP contribution < -0.4 is 4.74 Å². The minimum absolute atomic E-state index is 0.276. The molecule has 5 heteroatoms. The summed E-state index contributed by atoms with van der Waals surface area (Å²) in [7, 11) is 0. The van der Waals surface area contributed by atoms with E-state index < -0.39 is 0 Å². The number of aromatic nitrogens is 2. The normalized spacial score (nSPS) is 10.5. The maximum absolute atomic E-state index is 5.77. The van der Waals surface area contributed by atoms with Gasteiger partial charge in [0.05, 0.1) is 0 Å². The predicted molar refractivity (Wildman–Crippen MR) is 64.1 cm³/mol. The molecule has 0 amide bonds. The number of nitrogens with zero attached hydrogens (tertiary/aromatic N) is 2. The highest BCUT2D eigenvalue weighted by atomic mass is 35.5. The summed E-state index contributed by atoms with van der Waals surface area (Å²) in [6.45, 7) is 2.35. The highest BCUT2D eigenvalue weighted by Crippen LogP contribution is 2.16. The minimum Gasteiger partial charge on any atom is -0.484 e. The summed E-state index contributed by atoms with van der Waals surface area (Å²) in [6, 6.07) is 7.14. The average Bonchev–Trinajstić information content (AvgIpc) is 2.77. The third-order valence-electron chi connectivity index (χ3n) is 2.16. The van der Waals surface area contributed by atoms with Crippen LogP contribution >= 0.6 is 11.6 Å². The van der Waals surface area contributed by atoms with Crippen LogP contribution in [0.25, 0.3) is 0 Å². The van der Waals surface area contributed by atoms with Gasteiger partial charge >= 0.3 is 0 Å². The van der Waals surface area contributed by atoms with Gasteiger partial charge in [-0.2, -0.15) is 4.98 Å². The van der Waals surface area contributed by atoms with Crippen molar-refractivity contribution in [3.8, 4) is 5.75 Å². The van der Waals surface area contributed by atoms with Crippen LogP contribution in [-0.2, 0) is 13.0 Å². The molecule has 0 bridgehead atoms. The molecule has 2 aromatic rings. The van der Waals surface area contributed by atoms with Gasteiger partial charge in [0.2, 0.25) is 0 Å². The lowest BCUT2D eigenvalue weighted by Crippen LogP contribution is -1.96. The molecule has 0 saturated heterocycles. The number of rotatable bonds is 5. The van der Waals surface area contributed by atoms with Crippen molar-refractivity contribution in [2.24, 2.45) is 0 Å². The zero-order chi connectivity index (χ0) is 12.1. The molecule has 2 rings (SSSR count). The third kappa shape index (κ3) is 3.46. The Morgan fingerprint density at radius 1 is 1.29 bits per heavy atom. The van der Waals surface area contributed by atoms with Crippen LogP contribution in [-0.4, -0.2) is 10.1 Å². The van der Waals surface area contributed by atoms with Crippen molar-refractivity contribution >= 4 is 11.6 Å². The van der Waals surface area contributed by atoms with Gasteiger partial charge in [-0.1, -0.05) is 23.7 Å². The Morgan fingerprint density at radius 3 is 2.76 bits per heavy atom. The molecule has 0 N–H and O–H groups in total. The largest absolute Gasteiger partial charge is 0.484 e. The SMILES string of the molecule is CCCc1noc(COc2ccc(Cl)cc2)n1. The van der Waals surface area contributed by atoms with Gasteiger partial charge in [-0.05, 0) is 30.7 Å². The van der Waals surface area contributed by atoms with E-state index in [-0.39, 0.29) is 6.61 Å². The van der Waals surface area contributed by atoms with Crippen molar-refractivity contribution in [1.82, 2.24) is 10.1 Å². The van der Waals surface area contributed by atoms with E-state index in [4.69, 9.17) is 20.9 Å². The Morgan fingerprint density at radius 2 is 2.06 bits per heavy atom. The predicted octanol–water partition coefficient (Wildman–Crippen LogP) is 3.25. The molecule has 1 aromatic heterocycles. The van der Waals surface area contributed by atoms with E-state index in [2.05, 4.69) is 17.1 Å². The molecule has 17 heavy (non-hydrogen) atoms. The lowest BCUT2D eigenvalue weighted by atomic mass is 10.3. The van der Waals surface area contributed by atoms with Crippen LogP contribution in [0, 0.1) is 0 Å². The summed E-state index contributed by atoms with van der Waals surface area (Å²) in [5.74, 6) is 1.94. The van der Waals surface area contributed by atoms with Crippen LogP contribution in [0.4, 0.5) is 0 Å². The lowest BCUT2D eigenvalue weighted by Gasteiger charge is -2.02. The fourth-order valence-corrected chi connectivity index (χ4v) is 1.48. The molecule has 0 spiro atoms. The smallest absolute Gasteiger partial charge is 0.264 e. The molecular weight excluding hydrogens is 240 g/mol. The summed E-state index contributed by atoms with van der Waals surface area (Å²) in [5.41, 5.74) is 0. The van der Waals surface area contributed by atoms with Crippen LogP contribution in [0.3, 0.4) is 0 Å². The standard InChI is InChI=1S/C12H13ClN2O2/c1-2-3-11-14-12(17-15-11)8-16-10-6-4-9(13)5-7-10/h4-7H,2-3,8H2,1H3. The monoisotopic (exact) mass is 252 g/mol. The summed E-state index contributed by atoms with van der Waals surface area (Å²) < 4.78 is 10.5. The van der Waals surface area contributed by atoms with Crippen LogP contribution in [0.1, 0.15) is 25.1 Å². The molecule has 0 unspecified atom stereocenters. The third-order valence-corrected chi connectivity index (χ3v) is 2.41. The lowest BCUT2D eigenvalue weighted by molar-refractivity contribution is 0.242. The van der Waals surface area contributed by atoms with Crippen LogP contribution in [0.15, 0.2) is 28.8 Å². The molecule has 1 aromatic carbocycles. The fourth-order valence-electron chi connectivity index (χ4n) is 1.35. The van der Waals surface area contributed by atoms with Gasteiger partial charge in [0.15, 0.2) is 12.4 Å². The zero-order valence-electron chi connectivity index (χ0n) is 9.52. The number of halogens is 1. The average molecular weight is 253 g/mol. The van der Waals surface area contributed by atoms with E-state index >= 15 is 0 Å². The van der Waals surface area contributed by atoms with E-state index in [9.17, 15) is 0 Å².